The van der Waals surface area contributed by atoms with E-state index >= 15 is 0 Å². The molecule has 4 atom stereocenters. The lowest BCUT2D eigenvalue weighted by Gasteiger charge is -2.36. The molecule has 6 heteroatoms. The standard InChI is InChI=1S/C31H43ClN2O3/c1-22(2)27-14-9-23(3)21-29(27)37-30(35)8-6-18-34-19-15-26(16-20-34)36-31(28-7-4-5-17-33-28)24-10-12-25(32)13-11-24/h4-5,7,10-13,17,22-23,26-27,29,31H,6,8-9,14-16,18-21H2,1-3H3/t23-,27?,29-,31+/m1/s1. The van der Waals surface area contributed by atoms with Crippen molar-refractivity contribution in [3.8, 4) is 0 Å². The second-order valence-electron chi connectivity index (χ2n) is 11.3. The molecule has 1 aromatic heterocycles. The van der Waals surface area contributed by atoms with Crippen molar-refractivity contribution < 1.29 is 14.3 Å². The number of carbonyl (C=O) groups excluding carboxylic acids is 1. The topological polar surface area (TPSA) is 51.7 Å². The fourth-order valence-corrected chi connectivity index (χ4v) is 6.00. The van der Waals surface area contributed by atoms with Gasteiger partial charge < -0.3 is 14.4 Å². The van der Waals surface area contributed by atoms with Crippen LogP contribution in [0.2, 0.25) is 5.02 Å². The highest BCUT2D eigenvalue weighted by Crippen LogP contribution is 2.35. The predicted molar refractivity (Wildman–Crippen MR) is 149 cm³/mol. The van der Waals surface area contributed by atoms with Gasteiger partial charge in [-0.05, 0) is 86.2 Å². The Hall–Kier alpha value is -1.95. The zero-order valence-electron chi connectivity index (χ0n) is 22.7. The first-order valence-corrected chi connectivity index (χ1v) is 14.5. The van der Waals surface area contributed by atoms with Gasteiger partial charge in [-0.1, -0.05) is 57.0 Å². The summed E-state index contributed by atoms with van der Waals surface area (Å²) in [7, 11) is 0. The van der Waals surface area contributed by atoms with Crippen LogP contribution in [0.25, 0.3) is 0 Å². The molecule has 0 spiro atoms. The SMILES string of the molecule is CC(C)C1CC[C@@H](C)C[C@H]1OC(=O)CCCN1CCC(O[C@@H](c2ccc(Cl)cc2)c2ccccn2)CC1. The Morgan fingerprint density at radius 3 is 2.51 bits per heavy atom. The Balaban J connectivity index is 1.21. The van der Waals surface area contributed by atoms with E-state index in [4.69, 9.17) is 21.1 Å². The number of aromatic nitrogens is 1. The Bertz CT molecular complexity index is 960. The molecule has 2 aromatic rings. The van der Waals surface area contributed by atoms with Crippen LogP contribution in [0, 0.1) is 17.8 Å². The summed E-state index contributed by atoms with van der Waals surface area (Å²) >= 11 is 6.11. The summed E-state index contributed by atoms with van der Waals surface area (Å²) in [6, 6.07) is 13.8. The first kappa shape index (κ1) is 28.1. The van der Waals surface area contributed by atoms with Crippen molar-refractivity contribution in [1.29, 1.82) is 0 Å². The van der Waals surface area contributed by atoms with Crippen LogP contribution in [0.15, 0.2) is 48.7 Å². The van der Waals surface area contributed by atoms with E-state index in [0.717, 1.165) is 56.6 Å². The maximum atomic E-state index is 12.6. The van der Waals surface area contributed by atoms with Crippen molar-refractivity contribution in [1.82, 2.24) is 9.88 Å². The number of ether oxygens (including phenoxy) is 2. The van der Waals surface area contributed by atoms with Crippen LogP contribution >= 0.6 is 11.6 Å². The van der Waals surface area contributed by atoms with Gasteiger partial charge >= 0.3 is 5.97 Å². The number of piperidine rings is 1. The molecule has 2 aliphatic rings. The number of hydrogen-bond donors (Lipinski definition) is 0. The summed E-state index contributed by atoms with van der Waals surface area (Å²) < 4.78 is 12.6. The van der Waals surface area contributed by atoms with Gasteiger partial charge in [0.25, 0.3) is 0 Å². The number of carbonyl (C=O) groups is 1. The first-order valence-electron chi connectivity index (χ1n) is 14.1. The molecule has 2 heterocycles. The Labute approximate surface area is 227 Å². The lowest BCUT2D eigenvalue weighted by Crippen LogP contribution is -2.38. The van der Waals surface area contributed by atoms with Crippen molar-refractivity contribution in [2.24, 2.45) is 17.8 Å². The molecule has 0 amide bonds. The quantitative estimate of drug-likeness (QED) is 0.309. The molecule has 37 heavy (non-hydrogen) atoms. The molecule has 1 aliphatic carbocycles. The number of pyridine rings is 1. The van der Waals surface area contributed by atoms with E-state index in [1.165, 1.54) is 12.8 Å². The minimum absolute atomic E-state index is 0.0239. The average Bonchev–Trinajstić information content (AvgIpc) is 2.89. The van der Waals surface area contributed by atoms with Crippen molar-refractivity contribution in [3.05, 3.63) is 64.9 Å². The van der Waals surface area contributed by atoms with Crippen molar-refractivity contribution in [2.75, 3.05) is 19.6 Å². The second kappa shape index (κ2) is 13.7. The minimum Gasteiger partial charge on any atom is -0.462 e. The monoisotopic (exact) mass is 526 g/mol. The highest BCUT2D eigenvalue weighted by molar-refractivity contribution is 6.30. The molecular formula is C31H43ClN2O3. The molecule has 1 aliphatic heterocycles. The van der Waals surface area contributed by atoms with Crippen LogP contribution in [-0.2, 0) is 14.3 Å². The number of likely N-dealkylation sites (tertiary alicyclic amines) is 1. The van der Waals surface area contributed by atoms with E-state index in [0.29, 0.717) is 29.2 Å². The first-order chi connectivity index (χ1) is 17.9. The van der Waals surface area contributed by atoms with Crippen LogP contribution in [0.4, 0.5) is 0 Å². The molecule has 5 nitrogen and oxygen atoms in total. The van der Waals surface area contributed by atoms with Gasteiger partial charge in [-0.3, -0.25) is 9.78 Å². The Morgan fingerprint density at radius 2 is 1.84 bits per heavy atom. The summed E-state index contributed by atoms with van der Waals surface area (Å²) in [6.45, 7) is 9.66. The number of halogens is 1. The summed E-state index contributed by atoms with van der Waals surface area (Å²) in [5.41, 5.74) is 1.98. The summed E-state index contributed by atoms with van der Waals surface area (Å²) in [5.74, 6) is 1.69. The molecule has 4 rings (SSSR count). The van der Waals surface area contributed by atoms with Gasteiger partial charge in [0.1, 0.15) is 12.2 Å². The van der Waals surface area contributed by atoms with Gasteiger partial charge in [-0.15, -0.1) is 0 Å². The largest absolute Gasteiger partial charge is 0.462 e. The fourth-order valence-electron chi connectivity index (χ4n) is 5.87. The molecule has 202 valence electrons. The maximum absolute atomic E-state index is 12.6. The van der Waals surface area contributed by atoms with Gasteiger partial charge in [-0.2, -0.15) is 0 Å². The van der Waals surface area contributed by atoms with Gasteiger partial charge in [0.15, 0.2) is 0 Å². The summed E-state index contributed by atoms with van der Waals surface area (Å²) in [5, 5.41) is 0.716. The third kappa shape index (κ3) is 8.27. The highest BCUT2D eigenvalue weighted by Gasteiger charge is 2.33. The number of benzene rings is 1. The lowest BCUT2D eigenvalue weighted by atomic mass is 9.75. The van der Waals surface area contributed by atoms with Gasteiger partial charge in [-0.25, -0.2) is 0 Å². The van der Waals surface area contributed by atoms with Gasteiger partial charge in [0.05, 0.1) is 11.8 Å². The molecule has 2 fully saturated rings. The molecular weight excluding hydrogens is 484 g/mol. The number of esters is 1. The van der Waals surface area contributed by atoms with Crippen molar-refractivity contribution in [3.63, 3.8) is 0 Å². The maximum Gasteiger partial charge on any atom is 0.306 e. The highest BCUT2D eigenvalue weighted by atomic mass is 35.5. The zero-order chi connectivity index (χ0) is 26.2. The van der Waals surface area contributed by atoms with E-state index in [9.17, 15) is 4.79 Å². The molecule has 1 saturated heterocycles. The summed E-state index contributed by atoms with van der Waals surface area (Å²) in [4.78, 5) is 19.6. The van der Waals surface area contributed by atoms with Crippen LogP contribution in [0.1, 0.15) is 83.1 Å². The molecule has 0 N–H and O–H groups in total. The van der Waals surface area contributed by atoms with Crippen LogP contribution in [0.3, 0.4) is 0 Å². The van der Waals surface area contributed by atoms with E-state index in [1.54, 1.807) is 0 Å². The van der Waals surface area contributed by atoms with E-state index in [1.807, 2.05) is 48.7 Å². The van der Waals surface area contributed by atoms with Crippen molar-refractivity contribution >= 4 is 17.6 Å². The second-order valence-corrected chi connectivity index (χ2v) is 11.8. The lowest BCUT2D eigenvalue weighted by molar-refractivity contribution is -0.156. The predicted octanol–water partition coefficient (Wildman–Crippen LogP) is 7.09. The van der Waals surface area contributed by atoms with Gasteiger partial charge in [0, 0.05) is 30.7 Å². The Morgan fingerprint density at radius 1 is 1.08 bits per heavy atom. The Kier molecular flexibility index (Phi) is 10.4. The van der Waals surface area contributed by atoms with Gasteiger partial charge in [0.2, 0.25) is 0 Å². The number of nitrogens with zero attached hydrogens (tertiary/aromatic N) is 2. The van der Waals surface area contributed by atoms with Crippen LogP contribution < -0.4 is 0 Å². The van der Waals surface area contributed by atoms with E-state index in [2.05, 4.69) is 30.7 Å². The third-order valence-corrected chi connectivity index (χ3v) is 8.34. The molecule has 0 bridgehead atoms. The van der Waals surface area contributed by atoms with Crippen molar-refractivity contribution in [2.45, 2.75) is 84.0 Å². The minimum atomic E-state index is -0.207. The van der Waals surface area contributed by atoms with Crippen LogP contribution in [-0.4, -0.2) is 47.7 Å². The van der Waals surface area contributed by atoms with E-state index < -0.39 is 0 Å². The average molecular weight is 527 g/mol. The molecule has 1 saturated carbocycles. The third-order valence-electron chi connectivity index (χ3n) is 8.09. The fraction of sp³-hybridized carbons (Fsp3) is 0.613. The molecule has 1 unspecified atom stereocenters. The zero-order valence-corrected chi connectivity index (χ0v) is 23.4. The number of hydrogen-bond acceptors (Lipinski definition) is 5. The normalized spacial score (nSPS) is 24.2. The molecule has 0 radical (unpaired) electrons. The number of rotatable bonds is 10. The molecule has 1 aromatic carbocycles. The summed E-state index contributed by atoms with van der Waals surface area (Å²) in [6.07, 6.45) is 8.60. The van der Waals surface area contributed by atoms with E-state index in [-0.39, 0.29) is 24.3 Å². The van der Waals surface area contributed by atoms with Crippen LogP contribution in [0.5, 0.6) is 0 Å². The smallest absolute Gasteiger partial charge is 0.306 e.